The maximum atomic E-state index is 12.1. The van der Waals surface area contributed by atoms with Crippen LogP contribution in [0.15, 0.2) is 42.5 Å². The van der Waals surface area contributed by atoms with Crippen LogP contribution in [0.3, 0.4) is 0 Å². The summed E-state index contributed by atoms with van der Waals surface area (Å²) in [6.45, 7) is 3.58. The maximum absolute atomic E-state index is 12.1. The quantitative estimate of drug-likeness (QED) is 0.545. The van der Waals surface area contributed by atoms with Gasteiger partial charge in [-0.1, -0.05) is 24.3 Å². The summed E-state index contributed by atoms with van der Waals surface area (Å²) in [5.74, 6) is 1.11. The average molecular weight is 398 g/mol. The number of nitrogens with zero attached hydrogens (tertiary/aromatic N) is 1. The van der Waals surface area contributed by atoms with Crippen LogP contribution in [0, 0.1) is 6.92 Å². The van der Waals surface area contributed by atoms with Crippen molar-refractivity contribution in [1.82, 2.24) is 5.32 Å². The molecule has 148 valence electrons. The fraction of sp³-hybridized carbons (Fsp3) is 0.364. The van der Waals surface area contributed by atoms with Crippen LogP contribution in [0.25, 0.3) is 0 Å². The van der Waals surface area contributed by atoms with Crippen molar-refractivity contribution in [1.29, 1.82) is 0 Å². The molecule has 1 amide bonds. The Labute approximate surface area is 172 Å². The molecule has 0 aliphatic carbocycles. The minimum atomic E-state index is 0.192. The highest BCUT2D eigenvalue weighted by Gasteiger charge is 2.23. The molecule has 2 aromatic rings. The van der Waals surface area contributed by atoms with Gasteiger partial charge in [0.1, 0.15) is 5.75 Å². The highest BCUT2D eigenvalue weighted by atomic mass is 32.1. The van der Waals surface area contributed by atoms with Gasteiger partial charge in [0.25, 0.3) is 0 Å². The summed E-state index contributed by atoms with van der Waals surface area (Å²) >= 11 is 5.42. The van der Waals surface area contributed by atoms with E-state index in [9.17, 15) is 4.79 Å². The molecule has 6 heteroatoms. The monoisotopic (exact) mass is 397 g/mol. The SMILES string of the molecule is COc1ccccc1CCCNC(=S)Nc1ccc(C)c(N2CCCC2=O)c1. The third-order valence-electron chi connectivity index (χ3n) is 4.93. The van der Waals surface area contributed by atoms with Crippen LogP contribution in [0.2, 0.25) is 0 Å². The van der Waals surface area contributed by atoms with E-state index in [-0.39, 0.29) is 5.91 Å². The van der Waals surface area contributed by atoms with E-state index >= 15 is 0 Å². The van der Waals surface area contributed by atoms with Crippen molar-refractivity contribution in [2.45, 2.75) is 32.6 Å². The van der Waals surface area contributed by atoms with Crippen molar-refractivity contribution in [3.05, 3.63) is 53.6 Å². The van der Waals surface area contributed by atoms with E-state index < -0.39 is 0 Å². The molecule has 2 aromatic carbocycles. The van der Waals surface area contributed by atoms with Crippen LogP contribution in [0.1, 0.15) is 30.4 Å². The fourth-order valence-corrected chi connectivity index (χ4v) is 3.67. The van der Waals surface area contributed by atoms with Crippen LogP contribution in [-0.2, 0) is 11.2 Å². The van der Waals surface area contributed by atoms with Gasteiger partial charge >= 0.3 is 0 Å². The number of amides is 1. The van der Waals surface area contributed by atoms with E-state index in [0.29, 0.717) is 11.5 Å². The summed E-state index contributed by atoms with van der Waals surface area (Å²) in [5, 5.41) is 7.06. The molecule has 0 spiro atoms. The van der Waals surface area contributed by atoms with E-state index in [1.807, 2.05) is 48.2 Å². The number of aryl methyl sites for hydroxylation is 2. The zero-order valence-electron chi connectivity index (χ0n) is 16.5. The van der Waals surface area contributed by atoms with Gasteiger partial charge in [0.15, 0.2) is 5.11 Å². The molecule has 0 aromatic heterocycles. The van der Waals surface area contributed by atoms with Gasteiger partial charge in [0, 0.05) is 30.9 Å². The second kappa shape index (κ2) is 9.55. The first kappa shape index (κ1) is 20.1. The lowest BCUT2D eigenvalue weighted by Crippen LogP contribution is -2.30. The molecule has 1 saturated heterocycles. The number of benzene rings is 2. The Morgan fingerprint density at radius 3 is 2.82 bits per heavy atom. The van der Waals surface area contributed by atoms with Crippen LogP contribution in [0.5, 0.6) is 5.75 Å². The molecule has 5 nitrogen and oxygen atoms in total. The van der Waals surface area contributed by atoms with Gasteiger partial charge in [-0.2, -0.15) is 0 Å². The standard InChI is InChI=1S/C22H27N3O2S/c1-16-11-12-18(15-19(16)25-14-6-10-21(25)26)24-22(28)23-13-5-8-17-7-3-4-9-20(17)27-2/h3-4,7,9,11-12,15H,5-6,8,10,13-14H2,1-2H3,(H2,23,24,28). The zero-order chi connectivity index (χ0) is 19.9. The third kappa shape index (κ3) is 5.01. The van der Waals surface area contributed by atoms with E-state index in [0.717, 1.165) is 55.0 Å². The number of nitrogens with one attached hydrogen (secondary N) is 2. The summed E-state index contributed by atoms with van der Waals surface area (Å²) in [4.78, 5) is 13.9. The van der Waals surface area contributed by atoms with Crippen molar-refractivity contribution < 1.29 is 9.53 Å². The molecule has 0 saturated carbocycles. The molecule has 2 N–H and O–H groups in total. The number of thiocarbonyl (C=S) groups is 1. The Kier molecular flexibility index (Phi) is 6.87. The molecule has 0 unspecified atom stereocenters. The Balaban J connectivity index is 1.50. The lowest BCUT2D eigenvalue weighted by molar-refractivity contribution is -0.117. The van der Waals surface area contributed by atoms with Crippen LogP contribution < -0.4 is 20.3 Å². The predicted molar refractivity (Wildman–Crippen MR) is 118 cm³/mol. The largest absolute Gasteiger partial charge is 0.496 e. The van der Waals surface area contributed by atoms with Crippen molar-refractivity contribution in [2.24, 2.45) is 0 Å². The zero-order valence-corrected chi connectivity index (χ0v) is 17.3. The summed E-state index contributed by atoms with van der Waals surface area (Å²) < 4.78 is 5.39. The number of carbonyl (C=O) groups excluding carboxylic acids is 1. The predicted octanol–water partition coefficient (Wildman–Crippen LogP) is 4.05. The normalized spacial score (nSPS) is 13.5. The molecular weight excluding hydrogens is 370 g/mol. The first-order valence-corrected chi connectivity index (χ1v) is 10.1. The summed E-state index contributed by atoms with van der Waals surface area (Å²) in [6.07, 6.45) is 3.42. The number of carbonyl (C=O) groups is 1. The number of methoxy groups -OCH3 is 1. The van der Waals surface area contributed by atoms with Gasteiger partial charge in [-0.3, -0.25) is 4.79 Å². The number of ether oxygens (including phenoxy) is 1. The molecule has 3 rings (SSSR count). The average Bonchev–Trinajstić information content (AvgIpc) is 3.12. The maximum Gasteiger partial charge on any atom is 0.227 e. The van der Waals surface area contributed by atoms with E-state index in [2.05, 4.69) is 16.7 Å². The van der Waals surface area contributed by atoms with Gasteiger partial charge in [0.2, 0.25) is 5.91 Å². The van der Waals surface area contributed by atoms with E-state index in [1.165, 1.54) is 5.56 Å². The Bertz CT molecular complexity index is 853. The third-order valence-corrected chi connectivity index (χ3v) is 5.18. The lowest BCUT2D eigenvalue weighted by atomic mass is 10.1. The van der Waals surface area contributed by atoms with Gasteiger partial charge in [-0.15, -0.1) is 0 Å². The molecule has 0 radical (unpaired) electrons. The van der Waals surface area contributed by atoms with Crippen molar-refractivity contribution in [3.63, 3.8) is 0 Å². The Morgan fingerprint density at radius 1 is 1.25 bits per heavy atom. The Hall–Kier alpha value is -2.60. The molecule has 1 aliphatic heterocycles. The van der Waals surface area contributed by atoms with Crippen LogP contribution in [0.4, 0.5) is 11.4 Å². The first-order valence-electron chi connectivity index (χ1n) is 9.66. The summed E-state index contributed by atoms with van der Waals surface area (Å²) in [5.41, 5.74) is 4.15. The highest BCUT2D eigenvalue weighted by molar-refractivity contribution is 7.80. The first-order chi connectivity index (χ1) is 13.6. The number of hydrogen-bond donors (Lipinski definition) is 2. The molecule has 1 fully saturated rings. The molecule has 0 atom stereocenters. The molecular formula is C22H27N3O2S. The van der Waals surface area contributed by atoms with E-state index in [1.54, 1.807) is 7.11 Å². The van der Waals surface area contributed by atoms with Gasteiger partial charge in [-0.25, -0.2) is 0 Å². The second-order valence-corrected chi connectivity index (χ2v) is 7.35. The number of hydrogen-bond acceptors (Lipinski definition) is 3. The highest BCUT2D eigenvalue weighted by Crippen LogP contribution is 2.28. The van der Waals surface area contributed by atoms with Crippen LogP contribution >= 0.6 is 12.2 Å². The molecule has 1 aliphatic rings. The minimum Gasteiger partial charge on any atom is -0.496 e. The van der Waals surface area contributed by atoms with Crippen molar-refractivity contribution in [2.75, 3.05) is 30.4 Å². The molecule has 0 bridgehead atoms. The number of para-hydroxylation sites is 1. The minimum absolute atomic E-state index is 0.192. The van der Waals surface area contributed by atoms with E-state index in [4.69, 9.17) is 17.0 Å². The fourth-order valence-electron chi connectivity index (χ4n) is 3.45. The second-order valence-electron chi connectivity index (χ2n) is 6.95. The lowest BCUT2D eigenvalue weighted by Gasteiger charge is -2.20. The van der Waals surface area contributed by atoms with Gasteiger partial charge < -0.3 is 20.3 Å². The summed E-state index contributed by atoms with van der Waals surface area (Å²) in [6, 6.07) is 14.1. The van der Waals surface area contributed by atoms with Gasteiger partial charge in [-0.05, 0) is 67.7 Å². The topological polar surface area (TPSA) is 53.6 Å². The number of anilines is 2. The molecule has 1 heterocycles. The smallest absolute Gasteiger partial charge is 0.227 e. The summed E-state index contributed by atoms with van der Waals surface area (Å²) in [7, 11) is 1.70. The molecule has 28 heavy (non-hydrogen) atoms. The van der Waals surface area contributed by atoms with Crippen LogP contribution in [-0.4, -0.2) is 31.2 Å². The van der Waals surface area contributed by atoms with Gasteiger partial charge in [0.05, 0.1) is 7.11 Å². The Morgan fingerprint density at radius 2 is 2.07 bits per heavy atom. The number of rotatable bonds is 7. The van der Waals surface area contributed by atoms with Crippen molar-refractivity contribution >= 4 is 34.6 Å². The van der Waals surface area contributed by atoms with Crippen molar-refractivity contribution in [3.8, 4) is 5.75 Å².